The Bertz CT molecular complexity index is 605. The fourth-order valence-electron chi connectivity index (χ4n) is 1.76. The van der Waals surface area contributed by atoms with Gasteiger partial charge in [-0.05, 0) is 18.2 Å². The number of hydrogen-bond donors (Lipinski definition) is 0. The van der Waals surface area contributed by atoms with Crippen LogP contribution in [0.2, 0.25) is 5.02 Å². The average Bonchev–Trinajstić information content (AvgIpc) is 2.53. The number of ether oxygens (including phenoxy) is 3. The topological polar surface area (TPSA) is 74.2 Å². The number of rotatable bonds is 3. The van der Waals surface area contributed by atoms with Crippen LogP contribution < -0.4 is 0 Å². The SMILES string of the molecule is COC(=O)C1(C(=O)OC)N=C(c2ccc(Cl)cc2)C=CO1. The van der Waals surface area contributed by atoms with Gasteiger partial charge in [0.2, 0.25) is 0 Å². The number of esters is 2. The standard InChI is InChI=1S/C14H12ClNO5/c1-19-12(17)14(13(18)20-2)16-11(7-8-21-14)9-3-5-10(15)6-4-9/h3-8H,1-2H3. The van der Waals surface area contributed by atoms with E-state index in [-0.39, 0.29) is 0 Å². The minimum Gasteiger partial charge on any atom is -0.464 e. The second-order valence-corrected chi connectivity index (χ2v) is 4.49. The van der Waals surface area contributed by atoms with Gasteiger partial charge in [0.05, 0.1) is 26.2 Å². The smallest absolute Gasteiger partial charge is 0.398 e. The number of aliphatic imine (C=N–C) groups is 1. The highest BCUT2D eigenvalue weighted by atomic mass is 35.5. The van der Waals surface area contributed by atoms with Crippen LogP contribution in [0, 0.1) is 0 Å². The molecule has 0 unspecified atom stereocenters. The lowest BCUT2D eigenvalue weighted by Gasteiger charge is -2.26. The molecule has 0 aliphatic carbocycles. The van der Waals surface area contributed by atoms with Crippen LogP contribution in [0.1, 0.15) is 5.56 Å². The van der Waals surface area contributed by atoms with Crippen LogP contribution in [-0.2, 0) is 23.8 Å². The van der Waals surface area contributed by atoms with E-state index in [2.05, 4.69) is 14.5 Å². The third kappa shape index (κ3) is 2.75. The third-order valence-corrected chi connectivity index (χ3v) is 3.06. The predicted molar refractivity (Wildman–Crippen MR) is 75.0 cm³/mol. The van der Waals surface area contributed by atoms with Crippen molar-refractivity contribution < 1.29 is 23.8 Å². The van der Waals surface area contributed by atoms with Gasteiger partial charge in [-0.1, -0.05) is 23.7 Å². The van der Waals surface area contributed by atoms with Crippen molar-refractivity contribution in [2.24, 2.45) is 4.99 Å². The van der Waals surface area contributed by atoms with Gasteiger partial charge >= 0.3 is 17.7 Å². The second-order valence-electron chi connectivity index (χ2n) is 4.05. The van der Waals surface area contributed by atoms with Crippen molar-refractivity contribution >= 4 is 29.3 Å². The first-order chi connectivity index (χ1) is 10.0. The maximum Gasteiger partial charge on any atom is 0.398 e. The summed E-state index contributed by atoms with van der Waals surface area (Å²) in [6.45, 7) is 0. The molecule has 1 aliphatic heterocycles. The number of allylic oxidation sites excluding steroid dienone is 1. The van der Waals surface area contributed by atoms with Gasteiger partial charge in [-0.2, -0.15) is 0 Å². The summed E-state index contributed by atoms with van der Waals surface area (Å²) in [5.74, 6) is -1.93. The molecule has 0 fully saturated rings. The summed E-state index contributed by atoms with van der Waals surface area (Å²) in [6, 6.07) is 6.74. The second kappa shape index (κ2) is 5.97. The summed E-state index contributed by atoms with van der Waals surface area (Å²) in [5, 5.41) is 0.558. The zero-order valence-corrected chi connectivity index (χ0v) is 12.1. The number of carbonyl (C=O) groups excluding carboxylic acids is 2. The van der Waals surface area contributed by atoms with Gasteiger partial charge in [0.25, 0.3) is 0 Å². The van der Waals surface area contributed by atoms with Crippen LogP contribution in [-0.4, -0.2) is 37.6 Å². The van der Waals surface area contributed by atoms with Crippen LogP contribution in [0.4, 0.5) is 0 Å². The van der Waals surface area contributed by atoms with Gasteiger partial charge in [0.1, 0.15) is 0 Å². The summed E-state index contributed by atoms with van der Waals surface area (Å²) in [7, 11) is 2.26. The third-order valence-electron chi connectivity index (χ3n) is 2.81. The number of nitrogens with zero attached hydrogens (tertiary/aromatic N) is 1. The zero-order valence-electron chi connectivity index (χ0n) is 11.3. The van der Waals surface area contributed by atoms with Crippen molar-refractivity contribution in [3.63, 3.8) is 0 Å². The van der Waals surface area contributed by atoms with Crippen LogP contribution in [0.25, 0.3) is 0 Å². The Morgan fingerprint density at radius 1 is 1.14 bits per heavy atom. The molecule has 1 aromatic rings. The molecule has 0 amide bonds. The van der Waals surface area contributed by atoms with Gasteiger partial charge in [0, 0.05) is 10.6 Å². The highest BCUT2D eigenvalue weighted by Gasteiger charge is 2.52. The lowest BCUT2D eigenvalue weighted by atomic mass is 10.1. The highest BCUT2D eigenvalue weighted by Crippen LogP contribution is 2.24. The van der Waals surface area contributed by atoms with Gasteiger partial charge < -0.3 is 14.2 Å². The Balaban J connectivity index is 2.49. The van der Waals surface area contributed by atoms with E-state index in [1.807, 2.05) is 0 Å². The molecule has 0 atom stereocenters. The van der Waals surface area contributed by atoms with Gasteiger partial charge in [-0.15, -0.1) is 0 Å². The van der Waals surface area contributed by atoms with E-state index in [0.29, 0.717) is 16.3 Å². The summed E-state index contributed by atoms with van der Waals surface area (Å²) >= 11 is 5.82. The molecule has 1 heterocycles. The molecule has 1 aromatic carbocycles. The summed E-state index contributed by atoms with van der Waals surface area (Å²) in [5.41, 5.74) is -1.16. The largest absolute Gasteiger partial charge is 0.464 e. The van der Waals surface area contributed by atoms with E-state index in [0.717, 1.165) is 14.2 Å². The Morgan fingerprint density at radius 2 is 1.71 bits per heavy atom. The first-order valence-electron chi connectivity index (χ1n) is 5.90. The number of benzene rings is 1. The highest BCUT2D eigenvalue weighted by molar-refractivity contribution is 6.30. The molecule has 6 nitrogen and oxygen atoms in total. The van der Waals surface area contributed by atoms with Crippen LogP contribution in [0.5, 0.6) is 0 Å². The van der Waals surface area contributed by atoms with Crippen molar-refractivity contribution in [2.45, 2.75) is 5.72 Å². The van der Waals surface area contributed by atoms with E-state index in [4.69, 9.17) is 16.3 Å². The number of halogens is 1. The average molecular weight is 310 g/mol. The zero-order chi connectivity index (χ0) is 15.5. The molecule has 0 N–H and O–H groups in total. The van der Waals surface area contributed by atoms with Gasteiger partial charge in [-0.25, -0.2) is 14.6 Å². The molecule has 21 heavy (non-hydrogen) atoms. The minimum absolute atomic E-state index is 0.369. The molecule has 0 aromatic heterocycles. The molecular formula is C14H12ClNO5. The van der Waals surface area contributed by atoms with E-state index < -0.39 is 17.7 Å². The molecule has 1 aliphatic rings. The molecule has 0 saturated carbocycles. The summed E-state index contributed by atoms with van der Waals surface area (Å²) < 4.78 is 14.3. The van der Waals surface area contributed by atoms with Crippen LogP contribution in [0.3, 0.4) is 0 Å². The van der Waals surface area contributed by atoms with Crippen molar-refractivity contribution in [2.75, 3.05) is 14.2 Å². The molecule has 7 heteroatoms. The Labute approximate surface area is 126 Å². The monoisotopic (exact) mass is 309 g/mol. The lowest BCUT2D eigenvalue weighted by molar-refractivity contribution is -0.180. The summed E-state index contributed by atoms with van der Waals surface area (Å²) in [6.07, 6.45) is 2.72. The molecular weight excluding hydrogens is 298 g/mol. The Kier molecular flexibility index (Phi) is 4.28. The van der Waals surface area contributed by atoms with Crippen LogP contribution in [0.15, 0.2) is 41.6 Å². The molecule has 2 rings (SSSR count). The maximum absolute atomic E-state index is 11.9. The summed E-state index contributed by atoms with van der Waals surface area (Å²) in [4.78, 5) is 27.9. The van der Waals surface area contributed by atoms with E-state index in [1.165, 1.54) is 12.3 Å². The van der Waals surface area contributed by atoms with E-state index in [9.17, 15) is 9.59 Å². The molecule has 0 saturated heterocycles. The predicted octanol–water partition coefficient (Wildman–Crippen LogP) is 1.72. The number of methoxy groups -OCH3 is 2. The van der Waals surface area contributed by atoms with Crippen molar-refractivity contribution in [1.29, 1.82) is 0 Å². The molecule has 0 bridgehead atoms. The van der Waals surface area contributed by atoms with E-state index >= 15 is 0 Å². The maximum atomic E-state index is 11.9. The van der Waals surface area contributed by atoms with Gasteiger partial charge in [-0.3, -0.25) is 0 Å². The normalized spacial score (nSPS) is 15.7. The fourth-order valence-corrected chi connectivity index (χ4v) is 1.89. The first kappa shape index (κ1) is 15.1. The van der Waals surface area contributed by atoms with Crippen molar-refractivity contribution in [1.82, 2.24) is 0 Å². The molecule has 110 valence electrons. The van der Waals surface area contributed by atoms with E-state index in [1.54, 1.807) is 24.3 Å². The molecule has 0 radical (unpaired) electrons. The quantitative estimate of drug-likeness (QED) is 0.628. The lowest BCUT2D eigenvalue weighted by Crippen LogP contribution is -2.49. The molecule has 0 spiro atoms. The van der Waals surface area contributed by atoms with Gasteiger partial charge in [0.15, 0.2) is 0 Å². The van der Waals surface area contributed by atoms with Crippen molar-refractivity contribution in [3.05, 3.63) is 47.2 Å². The fraction of sp³-hybridized carbons (Fsp3) is 0.214. The number of hydrogen-bond acceptors (Lipinski definition) is 6. The Hall–Kier alpha value is -2.34. The number of carbonyl (C=O) groups is 2. The Morgan fingerprint density at radius 3 is 2.24 bits per heavy atom. The first-order valence-corrected chi connectivity index (χ1v) is 6.28. The van der Waals surface area contributed by atoms with Crippen molar-refractivity contribution in [3.8, 4) is 0 Å². The van der Waals surface area contributed by atoms with Crippen LogP contribution >= 0.6 is 11.6 Å². The minimum atomic E-state index is -2.19.